The summed E-state index contributed by atoms with van der Waals surface area (Å²) in [6, 6.07) is 7.70. The number of anilines is 2. The van der Waals surface area contributed by atoms with Crippen LogP contribution in [0.1, 0.15) is 18.9 Å². The minimum Gasteiger partial charge on any atom is -0.378 e. The molecule has 0 aliphatic rings. The summed E-state index contributed by atoms with van der Waals surface area (Å²) in [5, 5.41) is 9.16. The first kappa shape index (κ1) is 13.5. The highest BCUT2D eigenvalue weighted by atomic mass is 32.1. The van der Waals surface area contributed by atoms with E-state index in [0.29, 0.717) is 6.54 Å². The Morgan fingerprint density at radius 2 is 2.16 bits per heavy atom. The second-order valence-corrected chi connectivity index (χ2v) is 5.48. The number of carbonyl (C=O) groups is 1. The maximum atomic E-state index is 11.6. The van der Waals surface area contributed by atoms with Crippen LogP contribution < -0.4 is 10.6 Å². The predicted molar refractivity (Wildman–Crippen MR) is 79.4 cm³/mol. The second-order valence-electron chi connectivity index (χ2n) is 4.50. The van der Waals surface area contributed by atoms with Gasteiger partial charge in [0, 0.05) is 28.9 Å². The molecule has 0 radical (unpaired) electrons. The molecule has 0 bridgehead atoms. The molecule has 4 nitrogen and oxygen atoms in total. The fourth-order valence-corrected chi connectivity index (χ4v) is 2.07. The molecule has 2 aromatic rings. The van der Waals surface area contributed by atoms with E-state index in [0.717, 1.165) is 16.4 Å². The second kappa shape index (κ2) is 6.33. The molecule has 1 aromatic heterocycles. The number of hydrogen-bond acceptors (Lipinski definition) is 4. The largest absolute Gasteiger partial charge is 0.378 e. The molecule has 2 N–H and O–H groups in total. The van der Waals surface area contributed by atoms with Crippen LogP contribution in [0.5, 0.6) is 0 Å². The van der Waals surface area contributed by atoms with Gasteiger partial charge in [0.1, 0.15) is 5.01 Å². The van der Waals surface area contributed by atoms with Crippen LogP contribution in [0.15, 0.2) is 35.8 Å². The van der Waals surface area contributed by atoms with E-state index >= 15 is 0 Å². The van der Waals surface area contributed by atoms with E-state index in [4.69, 9.17) is 0 Å². The van der Waals surface area contributed by atoms with Crippen molar-refractivity contribution in [3.63, 3.8) is 0 Å². The van der Waals surface area contributed by atoms with Gasteiger partial charge in [0.05, 0.1) is 6.54 Å². The van der Waals surface area contributed by atoms with Gasteiger partial charge in [0.15, 0.2) is 0 Å². The molecule has 2 rings (SSSR count). The Hall–Kier alpha value is -1.88. The zero-order chi connectivity index (χ0) is 13.7. The van der Waals surface area contributed by atoms with Crippen LogP contribution in [0.2, 0.25) is 0 Å². The molecule has 0 saturated carbocycles. The van der Waals surface area contributed by atoms with Crippen molar-refractivity contribution in [1.29, 1.82) is 0 Å². The normalized spacial score (nSPS) is 10.5. The maximum absolute atomic E-state index is 11.6. The molecule has 19 heavy (non-hydrogen) atoms. The first-order valence-corrected chi connectivity index (χ1v) is 7.06. The third-order valence-corrected chi connectivity index (χ3v) is 3.36. The number of carbonyl (C=O) groups excluding carboxylic acids is 1. The lowest BCUT2D eigenvalue weighted by molar-refractivity contribution is -0.118. The van der Waals surface area contributed by atoms with Crippen LogP contribution in [-0.2, 0) is 11.3 Å². The third kappa shape index (κ3) is 4.06. The van der Waals surface area contributed by atoms with Gasteiger partial charge in [-0.3, -0.25) is 4.79 Å². The van der Waals surface area contributed by atoms with Crippen molar-refractivity contribution in [3.05, 3.63) is 40.8 Å². The molecule has 0 atom stereocenters. The van der Waals surface area contributed by atoms with E-state index in [-0.39, 0.29) is 11.8 Å². The molecule has 0 aliphatic carbocycles. The van der Waals surface area contributed by atoms with E-state index in [1.807, 2.05) is 43.5 Å². The number of hydrogen-bond donors (Lipinski definition) is 2. The van der Waals surface area contributed by atoms with Gasteiger partial charge in [0.2, 0.25) is 5.91 Å². The Morgan fingerprint density at radius 1 is 1.37 bits per heavy atom. The summed E-state index contributed by atoms with van der Waals surface area (Å²) in [6.07, 6.45) is 1.79. The number of aromatic nitrogens is 1. The Morgan fingerprint density at radius 3 is 2.84 bits per heavy atom. The van der Waals surface area contributed by atoms with Crippen molar-refractivity contribution < 1.29 is 4.79 Å². The Bertz CT molecular complexity index is 537. The summed E-state index contributed by atoms with van der Waals surface area (Å²) < 4.78 is 0. The van der Waals surface area contributed by atoms with Gasteiger partial charge in [-0.15, -0.1) is 11.3 Å². The Labute approximate surface area is 116 Å². The number of nitrogens with zero attached hydrogens (tertiary/aromatic N) is 1. The number of nitrogens with one attached hydrogen (secondary N) is 2. The predicted octanol–water partition coefficient (Wildman–Crippen LogP) is 3.35. The molecular weight excluding hydrogens is 258 g/mol. The molecule has 5 heteroatoms. The smallest absolute Gasteiger partial charge is 0.226 e. The number of thiazole rings is 1. The quantitative estimate of drug-likeness (QED) is 0.880. The lowest BCUT2D eigenvalue weighted by Crippen LogP contribution is -2.17. The van der Waals surface area contributed by atoms with E-state index < -0.39 is 0 Å². The molecule has 1 amide bonds. The van der Waals surface area contributed by atoms with Crippen molar-refractivity contribution in [2.24, 2.45) is 5.92 Å². The fraction of sp³-hybridized carbons (Fsp3) is 0.286. The first-order valence-electron chi connectivity index (χ1n) is 6.18. The molecule has 0 saturated heterocycles. The molecule has 0 fully saturated rings. The van der Waals surface area contributed by atoms with Gasteiger partial charge in [-0.1, -0.05) is 19.9 Å². The molecule has 1 heterocycles. The molecular formula is C14H17N3OS. The molecule has 100 valence electrons. The summed E-state index contributed by atoms with van der Waals surface area (Å²) in [6.45, 7) is 4.44. The summed E-state index contributed by atoms with van der Waals surface area (Å²) in [5.41, 5.74) is 1.78. The van der Waals surface area contributed by atoms with Crippen LogP contribution >= 0.6 is 11.3 Å². The zero-order valence-corrected chi connectivity index (χ0v) is 11.8. The van der Waals surface area contributed by atoms with Crippen molar-refractivity contribution in [2.75, 3.05) is 10.6 Å². The van der Waals surface area contributed by atoms with E-state index in [2.05, 4.69) is 15.6 Å². The first-order chi connectivity index (χ1) is 9.15. The van der Waals surface area contributed by atoms with Gasteiger partial charge in [-0.05, 0) is 18.2 Å². The lowest BCUT2D eigenvalue weighted by Gasteiger charge is -2.10. The number of amides is 1. The average Bonchev–Trinajstić information content (AvgIpc) is 2.90. The van der Waals surface area contributed by atoms with Gasteiger partial charge < -0.3 is 10.6 Å². The minimum atomic E-state index is -0.0214. The topological polar surface area (TPSA) is 54.0 Å². The van der Waals surface area contributed by atoms with E-state index in [1.54, 1.807) is 17.5 Å². The van der Waals surface area contributed by atoms with Crippen LogP contribution in [0.25, 0.3) is 0 Å². The monoisotopic (exact) mass is 275 g/mol. The standard InChI is InChI=1S/C14H17N3OS/c1-10(2)14(18)17-12-5-3-4-11(8-12)16-9-13-15-6-7-19-13/h3-8,10,16H,9H2,1-2H3,(H,17,18). The average molecular weight is 275 g/mol. The van der Waals surface area contributed by atoms with Crippen LogP contribution in [-0.4, -0.2) is 10.9 Å². The van der Waals surface area contributed by atoms with Crippen LogP contribution in [0.4, 0.5) is 11.4 Å². The zero-order valence-electron chi connectivity index (χ0n) is 11.0. The summed E-state index contributed by atoms with van der Waals surface area (Å²) in [4.78, 5) is 15.8. The lowest BCUT2D eigenvalue weighted by atomic mass is 10.2. The molecule has 1 aromatic carbocycles. The van der Waals surface area contributed by atoms with E-state index in [9.17, 15) is 4.79 Å². The van der Waals surface area contributed by atoms with Crippen LogP contribution in [0.3, 0.4) is 0 Å². The molecule has 0 unspecified atom stereocenters. The van der Waals surface area contributed by atoms with Crippen molar-refractivity contribution in [1.82, 2.24) is 4.98 Å². The Kier molecular flexibility index (Phi) is 4.52. The molecule has 0 spiro atoms. The number of rotatable bonds is 5. The highest BCUT2D eigenvalue weighted by molar-refractivity contribution is 7.09. The van der Waals surface area contributed by atoms with Crippen molar-refractivity contribution >= 4 is 28.6 Å². The third-order valence-electron chi connectivity index (χ3n) is 2.58. The minimum absolute atomic E-state index is 0.0214. The van der Waals surface area contributed by atoms with Crippen molar-refractivity contribution in [2.45, 2.75) is 20.4 Å². The summed E-state index contributed by atoms with van der Waals surface area (Å²) in [5.74, 6) is 0.00371. The fourth-order valence-electron chi connectivity index (χ4n) is 1.51. The highest BCUT2D eigenvalue weighted by Crippen LogP contribution is 2.17. The Balaban J connectivity index is 1.97. The highest BCUT2D eigenvalue weighted by Gasteiger charge is 2.07. The van der Waals surface area contributed by atoms with Gasteiger partial charge >= 0.3 is 0 Å². The van der Waals surface area contributed by atoms with E-state index in [1.165, 1.54) is 0 Å². The molecule has 0 aliphatic heterocycles. The maximum Gasteiger partial charge on any atom is 0.226 e. The summed E-state index contributed by atoms with van der Waals surface area (Å²) >= 11 is 1.62. The van der Waals surface area contributed by atoms with Crippen LogP contribution in [0, 0.1) is 5.92 Å². The van der Waals surface area contributed by atoms with Gasteiger partial charge in [-0.2, -0.15) is 0 Å². The SMILES string of the molecule is CC(C)C(=O)Nc1cccc(NCc2nccs2)c1. The summed E-state index contributed by atoms with van der Waals surface area (Å²) in [7, 11) is 0. The van der Waals surface area contributed by atoms with Gasteiger partial charge in [0.25, 0.3) is 0 Å². The van der Waals surface area contributed by atoms with Crippen molar-refractivity contribution in [3.8, 4) is 0 Å². The number of benzene rings is 1. The van der Waals surface area contributed by atoms with Gasteiger partial charge in [-0.25, -0.2) is 4.98 Å².